The number of hydrogen-bond acceptors (Lipinski definition) is 3. The van der Waals surface area contributed by atoms with Gasteiger partial charge in [-0.05, 0) is 42.2 Å². The van der Waals surface area contributed by atoms with Gasteiger partial charge < -0.3 is 15.2 Å². The lowest BCUT2D eigenvalue weighted by Gasteiger charge is -2.11. The number of benzene rings is 2. The lowest BCUT2D eigenvalue weighted by atomic mass is 9.94. The van der Waals surface area contributed by atoms with Gasteiger partial charge in [-0.25, -0.2) is 9.59 Å². The van der Waals surface area contributed by atoms with Gasteiger partial charge in [0.25, 0.3) is 0 Å². The highest BCUT2D eigenvalue weighted by molar-refractivity contribution is 5.97. The van der Waals surface area contributed by atoms with Gasteiger partial charge in [-0.3, -0.25) is 0 Å². The Kier molecular flexibility index (Phi) is 5.95. The predicted octanol–water partition coefficient (Wildman–Crippen LogP) is 3.65. The number of ether oxygens (including phenoxy) is 1. The van der Waals surface area contributed by atoms with Crippen molar-refractivity contribution in [1.82, 2.24) is 5.32 Å². The molecule has 0 saturated heterocycles. The lowest BCUT2D eigenvalue weighted by Crippen LogP contribution is -2.24. The van der Waals surface area contributed by atoms with Crippen molar-refractivity contribution in [1.29, 1.82) is 0 Å². The van der Waals surface area contributed by atoms with Gasteiger partial charge in [0.2, 0.25) is 0 Å². The Balaban J connectivity index is 2.10. The van der Waals surface area contributed by atoms with E-state index in [1.54, 1.807) is 12.1 Å². The highest BCUT2D eigenvalue weighted by Gasteiger charge is 2.13. The maximum absolute atomic E-state index is 11.4. The van der Waals surface area contributed by atoms with Crippen LogP contribution in [0, 0.1) is 6.92 Å². The maximum Gasteiger partial charge on any atom is 0.407 e. The van der Waals surface area contributed by atoms with E-state index >= 15 is 0 Å². The molecule has 0 spiro atoms. The number of rotatable bonds is 6. The van der Waals surface area contributed by atoms with Crippen LogP contribution in [0.3, 0.4) is 0 Å². The summed E-state index contributed by atoms with van der Waals surface area (Å²) < 4.78 is 5.04. The van der Waals surface area contributed by atoms with Crippen LogP contribution in [0.2, 0.25) is 0 Å². The van der Waals surface area contributed by atoms with E-state index < -0.39 is 12.1 Å². The van der Waals surface area contributed by atoms with Crippen LogP contribution in [0.15, 0.2) is 42.5 Å². The molecule has 2 aromatic rings. The average Bonchev–Trinajstić information content (AvgIpc) is 2.55. The Morgan fingerprint density at radius 2 is 1.83 bits per heavy atom. The van der Waals surface area contributed by atoms with Crippen LogP contribution in [-0.2, 0) is 11.2 Å². The standard InChI is InChI=1S/C19H21NO4/c1-3-20-19(23)24-12-11-14-7-9-15(10-8-14)17-13(2)5-4-6-16(17)18(21)22/h4-10H,3,11-12H2,1-2H3,(H,20,23)(H,21,22). The molecule has 24 heavy (non-hydrogen) atoms. The minimum absolute atomic E-state index is 0.294. The van der Waals surface area contributed by atoms with Crippen LogP contribution in [0.1, 0.15) is 28.4 Å². The molecule has 0 aliphatic carbocycles. The molecule has 0 saturated carbocycles. The number of nitrogens with one attached hydrogen (secondary N) is 1. The lowest BCUT2D eigenvalue weighted by molar-refractivity contribution is 0.0697. The molecule has 0 fully saturated rings. The quantitative estimate of drug-likeness (QED) is 0.849. The first-order valence-corrected chi connectivity index (χ1v) is 7.85. The molecule has 5 heteroatoms. The minimum atomic E-state index is -0.937. The van der Waals surface area contributed by atoms with Crippen LogP contribution >= 0.6 is 0 Å². The van der Waals surface area contributed by atoms with Crippen molar-refractivity contribution in [3.8, 4) is 11.1 Å². The molecule has 126 valence electrons. The number of alkyl carbamates (subject to hydrolysis) is 1. The monoisotopic (exact) mass is 327 g/mol. The highest BCUT2D eigenvalue weighted by Crippen LogP contribution is 2.28. The molecule has 0 radical (unpaired) electrons. The fourth-order valence-corrected chi connectivity index (χ4v) is 2.52. The van der Waals surface area contributed by atoms with E-state index in [0.29, 0.717) is 25.1 Å². The van der Waals surface area contributed by atoms with Gasteiger partial charge in [-0.1, -0.05) is 36.4 Å². The Morgan fingerprint density at radius 3 is 2.46 bits per heavy atom. The molecular formula is C19H21NO4. The Labute approximate surface area is 141 Å². The molecule has 0 unspecified atom stereocenters. The summed E-state index contributed by atoms with van der Waals surface area (Å²) in [7, 11) is 0. The molecule has 0 atom stereocenters. The number of carboxylic acids is 1. The number of carbonyl (C=O) groups excluding carboxylic acids is 1. The topological polar surface area (TPSA) is 75.6 Å². The molecule has 0 aromatic heterocycles. The molecule has 2 aromatic carbocycles. The van der Waals surface area contributed by atoms with Crippen molar-refractivity contribution in [2.45, 2.75) is 20.3 Å². The molecule has 0 bridgehead atoms. The second kappa shape index (κ2) is 8.15. The number of hydrogen-bond donors (Lipinski definition) is 2. The van der Waals surface area contributed by atoms with E-state index in [-0.39, 0.29) is 0 Å². The van der Waals surface area contributed by atoms with Gasteiger partial charge >= 0.3 is 12.1 Å². The second-order valence-corrected chi connectivity index (χ2v) is 5.42. The van der Waals surface area contributed by atoms with E-state index in [0.717, 1.165) is 22.3 Å². The Hall–Kier alpha value is -2.82. The summed E-state index contributed by atoms with van der Waals surface area (Å²) in [6.45, 7) is 4.57. The first-order chi connectivity index (χ1) is 11.5. The molecule has 2 N–H and O–H groups in total. The summed E-state index contributed by atoms with van der Waals surface area (Å²) >= 11 is 0. The summed E-state index contributed by atoms with van der Waals surface area (Å²) in [5.74, 6) is -0.937. The molecular weight excluding hydrogens is 306 g/mol. The van der Waals surface area contributed by atoms with Crippen molar-refractivity contribution in [2.75, 3.05) is 13.2 Å². The van der Waals surface area contributed by atoms with Gasteiger partial charge in [-0.2, -0.15) is 0 Å². The highest BCUT2D eigenvalue weighted by atomic mass is 16.5. The largest absolute Gasteiger partial charge is 0.478 e. The van der Waals surface area contributed by atoms with Gasteiger partial charge in [0.15, 0.2) is 0 Å². The van der Waals surface area contributed by atoms with Crippen LogP contribution in [0.5, 0.6) is 0 Å². The number of aryl methyl sites for hydroxylation is 1. The van der Waals surface area contributed by atoms with Gasteiger partial charge in [0, 0.05) is 13.0 Å². The smallest absolute Gasteiger partial charge is 0.407 e. The molecule has 5 nitrogen and oxygen atoms in total. The SMILES string of the molecule is CCNC(=O)OCCc1ccc(-c2c(C)cccc2C(=O)O)cc1. The zero-order chi connectivity index (χ0) is 17.5. The summed E-state index contributed by atoms with van der Waals surface area (Å²) in [5.41, 5.74) is 3.83. The fourth-order valence-electron chi connectivity index (χ4n) is 2.52. The van der Waals surface area contributed by atoms with Crippen LogP contribution < -0.4 is 5.32 Å². The number of aromatic carboxylic acids is 1. The number of carbonyl (C=O) groups is 2. The van der Waals surface area contributed by atoms with E-state index in [4.69, 9.17) is 4.74 Å². The van der Waals surface area contributed by atoms with Gasteiger partial charge in [0.05, 0.1) is 12.2 Å². The Morgan fingerprint density at radius 1 is 1.12 bits per heavy atom. The van der Waals surface area contributed by atoms with Crippen molar-refractivity contribution in [3.63, 3.8) is 0 Å². The molecule has 0 heterocycles. The third-order valence-electron chi connectivity index (χ3n) is 3.69. The van der Waals surface area contributed by atoms with Crippen LogP contribution in [0.4, 0.5) is 4.79 Å². The average molecular weight is 327 g/mol. The van der Waals surface area contributed by atoms with Crippen LogP contribution in [0.25, 0.3) is 11.1 Å². The zero-order valence-corrected chi connectivity index (χ0v) is 13.8. The zero-order valence-electron chi connectivity index (χ0n) is 13.8. The third-order valence-corrected chi connectivity index (χ3v) is 3.69. The summed E-state index contributed by atoms with van der Waals surface area (Å²) in [6, 6.07) is 12.9. The normalized spacial score (nSPS) is 10.2. The van der Waals surface area contributed by atoms with Crippen molar-refractivity contribution in [2.24, 2.45) is 0 Å². The molecule has 0 aliphatic heterocycles. The molecule has 0 aliphatic rings. The van der Waals surface area contributed by atoms with E-state index in [1.807, 2.05) is 44.2 Å². The number of carboxylic acid groups (broad SMARTS) is 1. The second-order valence-electron chi connectivity index (χ2n) is 5.42. The molecule has 2 rings (SSSR count). The fraction of sp³-hybridized carbons (Fsp3) is 0.263. The van der Waals surface area contributed by atoms with E-state index in [9.17, 15) is 14.7 Å². The van der Waals surface area contributed by atoms with Gasteiger partial charge in [-0.15, -0.1) is 0 Å². The first-order valence-electron chi connectivity index (χ1n) is 7.85. The van der Waals surface area contributed by atoms with E-state index in [1.165, 1.54) is 0 Å². The maximum atomic E-state index is 11.4. The number of amides is 1. The third kappa shape index (κ3) is 4.35. The van der Waals surface area contributed by atoms with Crippen molar-refractivity contribution in [3.05, 3.63) is 59.2 Å². The summed E-state index contributed by atoms with van der Waals surface area (Å²) in [6.07, 6.45) is 0.192. The van der Waals surface area contributed by atoms with Crippen molar-refractivity contribution >= 4 is 12.1 Å². The summed E-state index contributed by atoms with van der Waals surface area (Å²) in [5, 5.41) is 11.9. The van der Waals surface area contributed by atoms with Crippen molar-refractivity contribution < 1.29 is 19.4 Å². The first kappa shape index (κ1) is 17.5. The minimum Gasteiger partial charge on any atom is -0.478 e. The van der Waals surface area contributed by atoms with Gasteiger partial charge in [0.1, 0.15) is 0 Å². The molecule has 1 amide bonds. The van der Waals surface area contributed by atoms with E-state index in [2.05, 4.69) is 5.32 Å². The Bertz CT molecular complexity index is 723. The summed E-state index contributed by atoms with van der Waals surface area (Å²) in [4.78, 5) is 22.6. The predicted molar refractivity (Wildman–Crippen MR) is 92.3 cm³/mol. The van der Waals surface area contributed by atoms with Crippen LogP contribution in [-0.4, -0.2) is 30.3 Å².